The zero-order valence-corrected chi connectivity index (χ0v) is 10.7. The first-order valence-corrected chi connectivity index (χ1v) is 7.03. The lowest BCUT2D eigenvalue weighted by Gasteiger charge is -2.31. The molecule has 0 saturated heterocycles. The Morgan fingerprint density at radius 1 is 1.17 bits per heavy atom. The number of methoxy groups -OCH3 is 1. The first-order chi connectivity index (χ1) is 8.67. The summed E-state index contributed by atoms with van der Waals surface area (Å²) in [6.07, 6.45) is 7.42. The van der Waals surface area contributed by atoms with E-state index >= 15 is 0 Å². The molecule has 4 aliphatic rings. The van der Waals surface area contributed by atoms with Crippen LogP contribution in [0.3, 0.4) is 0 Å². The molecule has 0 aromatic heterocycles. The lowest BCUT2D eigenvalue weighted by molar-refractivity contribution is -0.134. The highest BCUT2D eigenvalue weighted by Crippen LogP contribution is 2.67. The van der Waals surface area contributed by atoms with Gasteiger partial charge in [0, 0.05) is 13.0 Å². The Bertz CT molecular complexity index is 492. The molecule has 18 heavy (non-hydrogen) atoms. The number of ketones is 2. The summed E-state index contributed by atoms with van der Waals surface area (Å²) in [5.41, 5.74) is 0.182. The first-order valence-electron chi connectivity index (χ1n) is 7.03. The molecule has 0 aliphatic heterocycles. The van der Waals surface area contributed by atoms with E-state index in [1.807, 2.05) is 0 Å². The van der Waals surface area contributed by atoms with Crippen molar-refractivity contribution in [2.24, 2.45) is 17.3 Å². The van der Waals surface area contributed by atoms with Crippen molar-refractivity contribution in [1.29, 1.82) is 0 Å². The zero-order chi connectivity index (χ0) is 12.5. The van der Waals surface area contributed by atoms with Gasteiger partial charge in [-0.15, -0.1) is 0 Å². The van der Waals surface area contributed by atoms with Gasteiger partial charge in [-0.2, -0.15) is 0 Å². The number of allylic oxidation sites excluding steroid dienone is 1. The fourth-order valence-corrected chi connectivity index (χ4v) is 5.32. The van der Waals surface area contributed by atoms with Crippen molar-refractivity contribution in [2.75, 3.05) is 7.11 Å². The van der Waals surface area contributed by atoms with Gasteiger partial charge in [-0.1, -0.05) is 6.42 Å². The van der Waals surface area contributed by atoms with E-state index < -0.39 is 11.0 Å². The van der Waals surface area contributed by atoms with E-state index in [0.29, 0.717) is 5.78 Å². The second-order valence-electron chi connectivity index (χ2n) is 6.28. The third-order valence-corrected chi connectivity index (χ3v) is 5.95. The van der Waals surface area contributed by atoms with Crippen LogP contribution in [-0.4, -0.2) is 24.3 Å². The summed E-state index contributed by atoms with van der Waals surface area (Å²) in [7, 11) is 1.71. The molecule has 0 unspecified atom stereocenters. The van der Waals surface area contributed by atoms with Crippen molar-refractivity contribution in [2.45, 2.75) is 44.1 Å². The van der Waals surface area contributed by atoms with Crippen LogP contribution in [0.2, 0.25) is 0 Å². The standard InChI is InChI=1S/C15H18O3/c1-18-15-7-3-5-10(15)13(17)14-6-2-4-9(14)11(16)8-12(14)15/h8-10H,2-7H2,1H3/t9-,10+,14+,15-/m1/s1. The lowest BCUT2D eigenvalue weighted by Crippen LogP contribution is -2.34. The highest BCUT2D eigenvalue weighted by atomic mass is 16.5. The predicted molar refractivity (Wildman–Crippen MR) is 65.0 cm³/mol. The SMILES string of the molecule is CO[C@]12CCC[C@H]1C(=O)[C@@]13CCC[C@@H]1C(=O)C=C32. The number of carbonyl (C=O) groups excluding carboxylic acids is 2. The maximum atomic E-state index is 12.9. The molecule has 0 radical (unpaired) electrons. The van der Waals surface area contributed by atoms with Gasteiger partial charge in [0.2, 0.25) is 0 Å². The van der Waals surface area contributed by atoms with Crippen LogP contribution in [0, 0.1) is 17.3 Å². The van der Waals surface area contributed by atoms with Gasteiger partial charge < -0.3 is 4.74 Å². The first kappa shape index (κ1) is 10.9. The van der Waals surface area contributed by atoms with Crippen molar-refractivity contribution in [3.63, 3.8) is 0 Å². The third kappa shape index (κ3) is 0.880. The summed E-state index contributed by atoms with van der Waals surface area (Å²) >= 11 is 0. The second kappa shape index (κ2) is 3.13. The Morgan fingerprint density at radius 3 is 2.67 bits per heavy atom. The monoisotopic (exact) mass is 246 g/mol. The average Bonchev–Trinajstić information content (AvgIpc) is 3.06. The molecule has 0 N–H and O–H groups in total. The number of ether oxygens (including phenoxy) is 1. The largest absolute Gasteiger partial charge is 0.373 e. The molecular weight excluding hydrogens is 228 g/mol. The van der Waals surface area contributed by atoms with Gasteiger partial charge in [-0.05, 0) is 43.8 Å². The van der Waals surface area contributed by atoms with Crippen LogP contribution in [0.4, 0.5) is 0 Å². The molecule has 0 bridgehead atoms. The molecule has 4 aliphatic carbocycles. The minimum Gasteiger partial charge on any atom is -0.373 e. The minimum atomic E-state index is -0.446. The summed E-state index contributed by atoms with van der Waals surface area (Å²) in [6.45, 7) is 0. The predicted octanol–water partition coefficient (Wildman–Crippen LogP) is 2.05. The van der Waals surface area contributed by atoms with Crippen LogP contribution in [0.15, 0.2) is 11.6 Å². The van der Waals surface area contributed by atoms with Crippen molar-refractivity contribution < 1.29 is 14.3 Å². The molecule has 3 heteroatoms. The van der Waals surface area contributed by atoms with Crippen molar-refractivity contribution in [3.8, 4) is 0 Å². The smallest absolute Gasteiger partial charge is 0.160 e. The Hall–Kier alpha value is -0.960. The summed E-state index contributed by atoms with van der Waals surface area (Å²) in [5, 5.41) is 0. The molecule has 1 spiro atoms. The van der Waals surface area contributed by atoms with Crippen molar-refractivity contribution in [1.82, 2.24) is 0 Å². The zero-order valence-electron chi connectivity index (χ0n) is 10.7. The molecular formula is C15H18O3. The van der Waals surface area contributed by atoms with E-state index in [1.165, 1.54) is 0 Å². The molecule has 3 fully saturated rings. The van der Waals surface area contributed by atoms with Gasteiger partial charge in [0.25, 0.3) is 0 Å². The molecule has 0 heterocycles. The molecule has 4 rings (SSSR count). The molecule has 3 saturated carbocycles. The second-order valence-corrected chi connectivity index (χ2v) is 6.28. The Labute approximate surface area is 107 Å². The van der Waals surface area contributed by atoms with Gasteiger partial charge in [0.15, 0.2) is 5.78 Å². The number of carbonyl (C=O) groups is 2. The number of hydrogen-bond acceptors (Lipinski definition) is 3. The summed E-state index contributed by atoms with van der Waals surface area (Å²) < 4.78 is 5.82. The van der Waals surface area contributed by atoms with E-state index in [0.717, 1.165) is 44.1 Å². The summed E-state index contributed by atoms with van der Waals surface area (Å²) in [5.74, 6) is 0.458. The molecule has 96 valence electrons. The van der Waals surface area contributed by atoms with E-state index in [1.54, 1.807) is 13.2 Å². The van der Waals surface area contributed by atoms with Gasteiger partial charge >= 0.3 is 0 Å². The fraction of sp³-hybridized carbons (Fsp3) is 0.733. The Morgan fingerprint density at radius 2 is 1.89 bits per heavy atom. The fourth-order valence-electron chi connectivity index (χ4n) is 5.32. The quantitative estimate of drug-likeness (QED) is 0.711. The molecule has 0 amide bonds. The molecule has 4 atom stereocenters. The van der Waals surface area contributed by atoms with Crippen LogP contribution in [-0.2, 0) is 14.3 Å². The summed E-state index contributed by atoms with van der Waals surface area (Å²) in [4.78, 5) is 25.1. The van der Waals surface area contributed by atoms with Crippen molar-refractivity contribution in [3.05, 3.63) is 11.6 Å². The van der Waals surface area contributed by atoms with Gasteiger partial charge in [-0.3, -0.25) is 9.59 Å². The molecule has 0 aromatic carbocycles. The molecule has 0 aromatic rings. The van der Waals surface area contributed by atoms with Crippen LogP contribution in [0.1, 0.15) is 38.5 Å². The van der Waals surface area contributed by atoms with Crippen LogP contribution in [0.5, 0.6) is 0 Å². The van der Waals surface area contributed by atoms with Crippen molar-refractivity contribution >= 4 is 11.6 Å². The lowest BCUT2D eigenvalue weighted by atomic mass is 9.74. The van der Waals surface area contributed by atoms with Gasteiger partial charge in [0.1, 0.15) is 5.78 Å². The topological polar surface area (TPSA) is 43.4 Å². The average molecular weight is 246 g/mol. The number of hydrogen-bond donors (Lipinski definition) is 0. The third-order valence-electron chi connectivity index (χ3n) is 5.95. The van der Waals surface area contributed by atoms with Crippen LogP contribution < -0.4 is 0 Å². The van der Waals surface area contributed by atoms with Gasteiger partial charge in [-0.25, -0.2) is 0 Å². The normalized spacial score (nSPS) is 49.3. The molecule has 3 nitrogen and oxygen atoms in total. The minimum absolute atomic E-state index is 0.0162. The number of fused-ring (bicyclic) bond motifs is 2. The highest BCUT2D eigenvalue weighted by molar-refractivity contribution is 6.09. The van der Waals surface area contributed by atoms with E-state index in [-0.39, 0.29) is 17.6 Å². The van der Waals surface area contributed by atoms with E-state index in [9.17, 15) is 9.59 Å². The van der Waals surface area contributed by atoms with Gasteiger partial charge in [0.05, 0.1) is 16.9 Å². The Kier molecular flexibility index (Phi) is 1.90. The van der Waals surface area contributed by atoms with E-state index in [2.05, 4.69) is 0 Å². The van der Waals surface area contributed by atoms with Crippen LogP contribution in [0.25, 0.3) is 0 Å². The Balaban J connectivity index is 1.96. The van der Waals surface area contributed by atoms with E-state index in [4.69, 9.17) is 4.74 Å². The maximum absolute atomic E-state index is 12.9. The maximum Gasteiger partial charge on any atom is 0.160 e. The van der Waals surface area contributed by atoms with Crippen LogP contribution >= 0.6 is 0 Å². The summed E-state index contributed by atoms with van der Waals surface area (Å²) in [6, 6.07) is 0. The highest BCUT2D eigenvalue weighted by Gasteiger charge is 2.72. The number of rotatable bonds is 1. The number of Topliss-reactive ketones (excluding diaryl/α,β-unsaturated/α-hetero) is 1.